The highest BCUT2D eigenvalue weighted by Crippen LogP contribution is 2.31. The summed E-state index contributed by atoms with van der Waals surface area (Å²) in [6.07, 6.45) is 4.83. The topological polar surface area (TPSA) is 62.7 Å². The van der Waals surface area contributed by atoms with Gasteiger partial charge in [0.25, 0.3) is 5.19 Å². The summed E-state index contributed by atoms with van der Waals surface area (Å²) < 4.78 is 7.06. The average Bonchev–Trinajstić information content (AvgIpc) is 3.15. The lowest BCUT2D eigenvalue weighted by molar-refractivity contribution is -0.137. The van der Waals surface area contributed by atoms with Crippen molar-refractivity contribution >= 4 is 27.5 Å². The molecule has 0 unspecified atom stereocenters. The van der Waals surface area contributed by atoms with Crippen LogP contribution in [0.3, 0.4) is 0 Å². The zero-order valence-corrected chi connectivity index (χ0v) is 17.2. The minimum atomic E-state index is -0.706. The van der Waals surface area contributed by atoms with Gasteiger partial charge in [-0.2, -0.15) is 0 Å². The summed E-state index contributed by atoms with van der Waals surface area (Å²) in [6, 6.07) is 16.4. The van der Waals surface area contributed by atoms with Gasteiger partial charge in [-0.25, -0.2) is 4.98 Å². The van der Waals surface area contributed by atoms with Gasteiger partial charge in [-0.3, -0.25) is 4.79 Å². The summed E-state index contributed by atoms with van der Waals surface area (Å²) in [7, 11) is 0. The molecule has 3 aromatic rings. The predicted molar refractivity (Wildman–Crippen MR) is 116 cm³/mol. The quantitative estimate of drug-likeness (QED) is 0.552. The first-order valence-corrected chi connectivity index (χ1v) is 11.0. The molecule has 2 aromatic carbocycles. The van der Waals surface area contributed by atoms with Crippen LogP contribution in [0.25, 0.3) is 10.2 Å². The minimum absolute atomic E-state index is 0.246. The second-order valence-electron chi connectivity index (χ2n) is 7.66. The number of hydrogen-bond donors (Lipinski definition) is 1. The van der Waals surface area contributed by atoms with E-state index in [0.717, 1.165) is 41.4 Å². The molecular formula is C23H26N2O3S. The number of hydrogen-bond acceptors (Lipinski definition) is 5. The molecule has 0 aliphatic carbocycles. The maximum Gasteiger partial charge on any atom is 0.304 e. The molecular weight excluding hydrogens is 384 g/mol. The molecule has 6 heteroatoms. The fourth-order valence-corrected chi connectivity index (χ4v) is 4.68. The monoisotopic (exact) mass is 410 g/mol. The van der Waals surface area contributed by atoms with Gasteiger partial charge in [-0.15, -0.1) is 0 Å². The largest absolute Gasteiger partial charge is 0.481 e. The molecule has 1 N–H and O–H groups in total. The molecule has 1 saturated heterocycles. The second kappa shape index (κ2) is 9.37. The Kier molecular flexibility index (Phi) is 6.42. The van der Waals surface area contributed by atoms with E-state index in [1.54, 1.807) is 11.3 Å². The van der Waals surface area contributed by atoms with E-state index in [2.05, 4.69) is 28.1 Å². The summed E-state index contributed by atoms with van der Waals surface area (Å²) in [6.45, 7) is 2.72. The van der Waals surface area contributed by atoms with Crippen molar-refractivity contribution in [3.05, 3.63) is 54.1 Å². The van der Waals surface area contributed by atoms with Gasteiger partial charge >= 0.3 is 5.97 Å². The number of nitrogens with zero attached hydrogens (tertiary/aromatic N) is 2. The van der Waals surface area contributed by atoms with E-state index in [-0.39, 0.29) is 6.42 Å². The van der Waals surface area contributed by atoms with E-state index < -0.39 is 5.97 Å². The Bertz CT molecular complexity index is 913. The van der Waals surface area contributed by atoms with E-state index in [1.165, 1.54) is 24.8 Å². The smallest absolute Gasteiger partial charge is 0.304 e. The third-order valence-electron chi connectivity index (χ3n) is 5.59. The average molecular weight is 411 g/mol. The Labute approximate surface area is 175 Å². The van der Waals surface area contributed by atoms with Crippen LogP contribution in [0.4, 0.5) is 0 Å². The Morgan fingerprint density at radius 2 is 1.90 bits per heavy atom. The molecule has 0 bridgehead atoms. The molecule has 152 valence electrons. The summed E-state index contributed by atoms with van der Waals surface area (Å²) >= 11 is 1.56. The zero-order valence-electron chi connectivity index (χ0n) is 16.4. The highest BCUT2D eigenvalue weighted by Gasteiger charge is 2.19. The first-order valence-electron chi connectivity index (χ1n) is 10.2. The van der Waals surface area contributed by atoms with Gasteiger partial charge < -0.3 is 14.7 Å². The molecule has 0 amide bonds. The first-order chi connectivity index (χ1) is 14.2. The van der Waals surface area contributed by atoms with Crippen LogP contribution < -0.4 is 4.74 Å². The van der Waals surface area contributed by atoms with Gasteiger partial charge in [0.15, 0.2) is 0 Å². The molecule has 0 spiro atoms. The van der Waals surface area contributed by atoms with Crippen LogP contribution in [-0.2, 0) is 11.2 Å². The zero-order chi connectivity index (χ0) is 20.1. The van der Waals surface area contributed by atoms with Crippen LogP contribution in [0.1, 0.15) is 31.2 Å². The highest BCUT2D eigenvalue weighted by atomic mass is 32.1. The predicted octanol–water partition coefficient (Wildman–Crippen LogP) is 5.21. The van der Waals surface area contributed by atoms with Crippen molar-refractivity contribution in [1.29, 1.82) is 0 Å². The fraction of sp³-hybridized carbons (Fsp3) is 0.391. The molecule has 5 nitrogen and oxygen atoms in total. The van der Waals surface area contributed by atoms with E-state index in [0.29, 0.717) is 11.7 Å². The fourth-order valence-electron chi connectivity index (χ4n) is 3.84. The molecule has 2 heterocycles. The molecule has 1 aromatic heterocycles. The van der Waals surface area contributed by atoms with Crippen molar-refractivity contribution in [1.82, 2.24) is 9.88 Å². The van der Waals surface area contributed by atoms with Crippen molar-refractivity contribution in [2.45, 2.75) is 32.1 Å². The summed E-state index contributed by atoms with van der Waals surface area (Å²) in [4.78, 5) is 17.5. The van der Waals surface area contributed by atoms with E-state index >= 15 is 0 Å². The number of aliphatic carboxylic acids is 1. The number of benzene rings is 2. The molecule has 29 heavy (non-hydrogen) atoms. The van der Waals surface area contributed by atoms with Crippen LogP contribution in [0, 0.1) is 5.92 Å². The van der Waals surface area contributed by atoms with Gasteiger partial charge in [0.05, 0.1) is 16.6 Å². The van der Waals surface area contributed by atoms with Crippen molar-refractivity contribution in [3.8, 4) is 10.9 Å². The molecule has 0 atom stereocenters. The lowest BCUT2D eigenvalue weighted by atomic mass is 9.90. The van der Waals surface area contributed by atoms with E-state index in [4.69, 9.17) is 9.84 Å². The normalized spacial score (nSPS) is 15.6. The number of thiazole rings is 1. The minimum Gasteiger partial charge on any atom is -0.481 e. The van der Waals surface area contributed by atoms with Crippen molar-refractivity contribution < 1.29 is 14.6 Å². The number of aromatic nitrogens is 1. The van der Waals surface area contributed by atoms with Gasteiger partial charge in [0, 0.05) is 6.54 Å². The number of likely N-dealkylation sites (tertiary alicyclic amines) is 1. The van der Waals surface area contributed by atoms with E-state index in [9.17, 15) is 4.79 Å². The molecule has 0 radical (unpaired) electrons. The SMILES string of the molecule is O=C(O)CCN1CCC(CCc2ccc(Oc3nc4ccccc4s3)cc2)CC1. The third kappa shape index (κ3) is 5.55. The van der Waals surface area contributed by atoms with Crippen molar-refractivity contribution in [2.24, 2.45) is 5.92 Å². The highest BCUT2D eigenvalue weighted by molar-refractivity contribution is 7.20. The van der Waals surface area contributed by atoms with Crippen LogP contribution in [-0.4, -0.2) is 40.6 Å². The molecule has 4 rings (SSSR count). The molecule has 1 aliphatic rings. The van der Waals surface area contributed by atoms with Crippen LogP contribution in [0.2, 0.25) is 0 Å². The van der Waals surface area contributed by atoms with Gasteiger partial charge in [0.1, 0.15) is 5.75 Å². The number of ether oxygens (including phenoxy) is 1. The maximum absolute atomic E-state index is 10.7. The first kappa shape index (κ1) is 19.9. The van der Waals surface area contributed by atoms with Crippen molar-refractivity contribution in [3.63, 3.8) is 0 Å². The number of carboxylic acid groups (broad SMARTS) is 1. The van der Waals surface area contributed by atoms with Gasteiger partial charge in [0.2, 0.25) is 0 Å². The van der Waals surface area contributed by atoms with Crippen LogP contribution in [0.15, 0.2) is 48.5 Å². The lowest BCUT2D eigenvalue weighted by Crippen LogP contribution is -2.35. The van der Waals surface area contributed by atoms with Gasteiger partial charge in [-0.1, -0.05) is 35.6 Å². The number of rotatable bonds is 8. The Balaban J connectivity index is 1.23. The Morgan fingerprint density at radius 3 is 2.62 bits per heavy atom. The molecule has 0 saturated carbocycles. The van der Waals surface area contributed by atoms with Crippen LogP contribution >= 0.6 is 11.3 Å². The number of carboxylic acids is 1. The standard InChI is InChI=1S/C23H26N2O3S/c26-22(27)13-16-25-14-11-18(12-15-25)6-5-17-7-9-19(10-8-17)28-23-24-20-3-1-2-4-21(20)29-23/h1-4,7-10,18H,5-6,11-16H2,(H,26,27). The van der Waals surface area contributed by atoms with Gasteiger partial charge in [-0.05, 0) is 74.5 Å². The third-order valence-corrected chi connectivity index (χ3v) is 6.51. The summed E-state index contributed by atoms with van der Waals surface area (Å²) in [5.41, 5.74) is 2.30. The Hall–Kier alpha value is -2.44. The van der Waals surface area contributed by atoms with Crippen LogP contribution in [0.5, 0.6) is 10.9 Å². The number of carbonyl (C=O) groups is 1. The Morgan fingerprint density at radius 1 is 1.14 bits per heavy atom. The van der Waals surface area contributed by atoms with Crippen molar-refractivity contribution in [2.75, 3.05) is 19.6 Å². The van der Waals surface area contributed by atoms with E-state index in [1.807, 2.05) is 30.3 Å². The number of fused-ring (bicyclic) bond motifs is 1. The number of piperidine rings is 1. The second-order valence-corrected chi connectivity index (χ2v) is 8.65. The summed E-state index contributed by atoms with van der Waals surface area (Å²) in [5.74, 6) is 0.844. The number of aryl methyl sites for hydroxylation is 1. The molecule has 1 fully saturated rings. The number of para-hydroxylation sites is 1. The summed E-state index contributed by atoms with van der Waals surface area (Å²) in [5, 5.41) is 9.48. The molecule has 1 aliphatic heterocycles. The lowest BCUT2D eigenvalue weighted by Gasteiger charge is -2.31. The maximum atomic E-state index is 10.7.